The van der Waals surface area contributed by atoms with Gasteiger partial charge in [-0.2, -0.15) is 0 Å². The maximum Gasteiger partial charge on any atom is 0.118 e. The lowest BCUT2D eigenvalue weighted by Crippen LogP contribution is -2.56. The van der Waals surface area contributed by atoms with Gasteiger partial charge in [0.15, 0.2) is 0 Å². The second-order valence-corrected chi connectivity index (χ2v) is 6.50. The van der Waals surface area contributed by atoms with E-state index in [0.717, 1.165) is 16.9 Å². The Morgan fingerprint density at radius 2 is 1.63 bits per heavy atom. The Bertz CT molecular complexity index is 675. The van der Waals surface area contributed by atoms with Crippen LogP contribution in [0, 0.1) is 0 Å². The summed E-state index contributed by atoms with van der Waals surface area (Å²) in [7, 11) is 1.62. The van der Waals surface area contributed by atoms with Crippen molar-refractivity contribution in [1.29, 1.82) is 0 Å². The second-order valence-electron chi connectivity index (χ2n) is 6.50. The van der Waals surface area contributed by atoms with E-state index in [1.54, 1.807) is 7.11 Å². The van der Waals surface area contributed by atoms with Gasteiger partial charge in [-0.25, -0.2) is 0 Å². The minimum Gasteiger partial charge on any atom is -0.497 e. The van der Waals surface area contributed by atoms with Gasteiger partial charge in [0.1, 0.15) is 30.2 Å². The molecule has 1 aliphatic heterocycles. The van der Waals surface area contributed by atoms with E-state index in [1.807, 2.05) is 54.6 Å². The van der Waals surface area contributed by atoms with Gasteiger partial charge in [-0.1, -0.05) is 42.5 Å². The number of ether oxygens (including phenoxy) is 4. The van der Waals surface area contributed by atoms with E-state index >= 15 is 0 Å². The lowest BCUT2D eigenvalue weighted by atomic mass is 10.00. The van der Waals surface area contributed by atoms with Crippen molar-refractivity contribution in [2.75, 3.05) is 20.3 Å². The SMILES string of the molecule is COc1ccc(COC2COC(CO)[C@@H](O)[C@H]2OCc2ccccc2)cc1. The van der Waals surface area contributed by atoms with E-state index < -0.39 is 24.4 Å². The van der Waals surface area contributed by atoms with Gasteiger partial charge >= 0.3 is 0 Å². The minimum absolute atomic E-state index is 0.248. The fraction of sp³-hybridized carbons (Fsp3) is 0.429. The van der Waals surface area contributed by atoms with Gasteiger partial charge in [-0.15, -0.1) is 0 Å². The molecule has 0 saturated carbocycles. The lowest BCUT2D eigenvalue weighted by molar-refractivity contribution is -0.228. The Labute approximate surface area is 159 Å². The molecule has 0 aliphatic carbocycles. The number of aliphatic hydroxyl groups is 2. The Balaban J connectivity index is 1.62. The third-order valence-electron chi connectivity index (χ3n) is 4.65. The number of rotatable bonds is 8. The maximum absolute atomic E-state index is 10.5. The first kappa shape index (κ1) is 19.8. The van der Waals surface area contributed by atoms with Crippen LogP contribution in [0.3, 0.4) is 0 Å². The standard InChI is InChI=1S/C21H26O6/c1-24-17-9-7-16(8-10-17)12-25-19-14-26-18(11-22)20(23)21(19)27-13-15-5-3-2-4-6-15/h2-10,18-23H,11-14H2,1H3/t18?,19?,20-,21+/m1/s1. The molecule has 3 rings (SSSR count). The normalized spacial score (nSPS) is 25.3. The molecule has 27 heavy (non-hydrogen) atoms. The molecule has 1 aliphatic rings. The largest absolute Gasteiger partial charge is 0.497 e. The van der Waals surface area contributed by atoms with Gasteiger partial charge < -0.3 is 29.2 Å². The molecule has 4 atom stereocenters. The Morgan fingerprint density at radius 1 is 0.963 bits per heavy atom. The molecule has 1 fully saturated rings. The molecule has 2 aromatic rings. The topological polar surface area (TPSA) is 77.4 Å². The van der Waals surface area contributed by atoms with E-state index in [9.17, 15) is 10.2 Å². The van der Waals surface area contributed by atoms with Crippen LogP contribution in [0.2, 0.25) is 0 Å². The first-order chi connectivity index (χ1) is 13.2. The van der Waals surface area contributed by atoms with E-state index in [4.69, 9.17) is 18.9 Å². The second kappa shape index (κ2) is 9.82. The molecule has 0 radical (unpaired) electrons. The predicted octanol–water partition coefficient (Wildman–Crippen LogP) is 1.92. The molecule has 2 N–H and O–H groups in total. The van der Waals surface area contributed by atoms with Crippen LogP contribution in [0.15, 0.2) is 54.6 Å². The summed E-state index contributed by atoms with van der Waals surface area (Å²) in [6, 6.07) is 17.3. The quantitative estimate of drug-likeness (QED) is 0.735. The van der Waals surface area contributed by atoms with Gasteiger partial charge in [0.05, 0.1) is 33.5 Å². The van der Waals surface area contributed by atoms with Crippen LogP contribution in [-0.4, -0.2) is 55.0 Å². The van der Waals surface area contributed by atoms with E-state index in [1.165, 1.54) is 0 Å². The van der Waals surface area contributed by atoms with Crippen LogP contribution in [0.5, 0.6) is 5.75 Å². The third-order valence-corrected chi connectivity index (χ3v) is 4.65. The molecule has 0 spiro atoms. The molecule has 2 unspecified atom stereocenters. The minimum atomic E-state index is -0.965. The zero-order valence-electron chi connectivity index (χ0n) is 15.4. The zero-order valence-corrected chi connectivity index (χ0v) is 15.4. The van der Waals surface area contributed by atoms with Gasteiger partial charge in [0.2, 0.25) is 0 Å². The van der Waals surface area contributed by atoms with Gasteiger partial charge in [0.25, 0.3) is 0 Å². The summed E-state index contributed by atoms with van der Waals surface area (Å²) >= 11 is 0. The zero-order chi connectivity index (χ0) is 19.1. The summed E-state index contributed by atoms with van der Waals surface area (Å²) in [6.45, 7) is 0.693. The Hall–Kier alpha value is -1.96. The van der Waals surface area contributed by atoms with E-state index in [-0.39, 0.29) is 13.2 Å². The van der Waals surface area contributed by atoms with Crippen LogP contribution < -0.4 is 4.74 Å². The highest BCUT2D eigenvalue weighted by Crippen LogP contribution is 2.23. The number of benzene rings is 2. The van der Waals surface area contributed by atoms with Crippen molar-refractivity contribution in [2.45, 2.75) is 37.6 Å². The summed E-state index contributed by atoms with van der Waals surface area (Å²) in [5.41, 5.74) is 1.99. The summed E-state index contributed by atoms with van der Waals surface area (Å²) in [5.74, 6) is 0.782. The first-order valence-electron chi connectivity index (χ1n) is 9.02. The fourth-order valence-electron chi connectivity index (χ4n) is 3.04. The summed E-state index contributed by atoms with van der Waals surface area (Å²) in [6.07, 6.45) is -2.66. The van der Waals surface area contributed by atoms with Crippen LogP contribution in [0.1, 0.15) is 11.1 Å². The Kier molecular flexibility index (Phi) is 7.20. The highest BCUT2D eigenvalue weighted by atomic mass is 16.6. The number of hydrogen-bond donors (Lipinski definition) is 2. The number of aliphatic hydroxyl groups excluding tert-OH is 2. The third kappa shape index (κ3) is 5.28. The molecular weight excluding hydrogens is 348 g/mol. The molecule has 2 aromatic carbocycles. The van der Waals surface area contributed by atoms with Crippen LogP contribution in [0.25, 0.3) is 0 Å². The molecule has 0 bridgehead atoms. The fourth-order valence-corrected chi connectivity index (χ4v) is 3.04. The van der Waals surface area contributed by atoms with E-state index in [0.29, 0.717) is 13.2 Å². The van der Waals surface area contributed by atoms with Crippen molar-refractivity contribution in [3.63, 3.8) is 0 Å². The Morgan fingerprint density at radius 3 is 2.30 bits per heavy atom. The molecular formula is C21H26O6. The predicted molar refractivity (Wildman–Crippen MR) is 99.4 cm³/mol. The highest BCUT2D eigenvalue weighted by Gasteiger charge is 2.40. The van der Waals surface area contributed by atoms with Crippen LogP contribution in [-0.2, 0) is 27.4 Å². The summed E-state index contributed by atoms with van der Waals surface area (Å²) in [5, 5.41) is 20.0. The van der Waals surface area contributed by atoms with Gasteiger partial charge in [-0.3, -0.25) is 0 Å². The van der Waals surface area contributed by atoms with Crippen LogP contribution >= 0.6 is 0 Å². The molecule has 1 saturated heterocycles. The van der Waals surface area contributed by atoms with Crippen molar-refractivity contribution in [3.8, 4) is 5.75 Å². The smallest absolute Gasteiger partial charge is 0.118 e. The van der Waals surface area contributed by atoms with Crippen molar-refractivity contribution in [2.24, 2.45) is 0 Å². The molecule has 0 aromatic heterocycles. The van der Waals surface area contributed by atoms with Gasteiger partial charge in [0, 0.05) is 0 Å². The van der Waals surface area contributed by atoms with Crippen molar-refractivity contribution >= 4 is 0 Å². The van der Waals surface area contributed by atoms with Gasteiger partial charge in [-0.05, 0) is 23.3 Å². The summed E-state index contributed by atoms with van der Waals surface area (Å²) < 4.78 is 22.6. The number of methoxy groups -OCH3 is 1. The highest BCUT2D eigenvalue weighted by molar-refractivity contribution is 5.26. The molecule has 0 amide bonds. The molecule has 146 valence electrons. The monoisotopic (exact) mass is 374 g/mol. The number of hydrogen-bond acceptors (Lipinski definition) is 6. The van der Waals surface area contributed by atoms with Crippen molar-refractivity contribution in [1.82, 2.24) is 0 Å². The van der Waals surface area contributed by atoms with Crippen LogP contribution in [0.4, 0.5) is 0 Å². The maximum atomic E-state index is 10.5. The van der Waals surface area contributed by atoms with E-state index in [2.05, 4.69) is 0 Å². The summed E-state index contributed by atoms with van der Waals surface area (Å²) in [4.78, 5) is 0. The average molecular weight is 374 g/mol. The van der Waals surface area contributed by atoms with Crippen molar-refractivity contribution < 1.29 is 29.2 Å². The first-order valence-corrected chi connectivity index (χ1v) is 9.02. The van der Waals surface area contributed by atoms with Crippen molar-refractivity contribution in [3.05, 3.63) is 65.7 Å². The molecule has 6 heteroatoms. The lowest BCUT2D eigenvalue weighted by Gasteiger charge is -2.39. The average Bonchev–Trinajstić information content (AvgIpc) is 2.72. The molecule has 6 nitrogen and oxygen atoms in total. The molecule has 1 heterocycles.